The van der Waals surface area contributed by atoms with Gasteiger partial charge in [0, 0.05) is 25.2 Å². The molecule has 0 radical (unpaired) electrons. The van der Waals surface area contributed by atoms with Gasteiger partial charge in [-0.3, -0.25) is 4.90 Å². The van der Waals surface area contributed by atoms with Crippen LogP contribution in [-0.2, 0) is 6.42 Å². The second-order valence-electron chi connectivity index (χ2n) is 3.67. The first-order chi connectivity index (χ1) is 6.22. The standard InChI is InChI=1S/C9H16N4/c1-6-11-7-3-4-13(2)8(5-10)9(7)12-6/h8H,3-5,10H2,1-2H3,(H,11,12). The second-order valence-corrected chi connectivity index (χ2v) is 3.67. The molecule has 1 aromatic rings. The number of likely N-dealkylation sites (N-methyl/N-ethyl adjacent to an activating group) is 1. The van der Waals surface area contributed by atoms with E-state index in [9.17, 15) is 0 Å². The van der Waals surface area contributed by atoms with E-state index in [4.69, 9.17) is 5.73 Å². The van der Waals surface area contributed by atoms with Gasteiger partial charge in [-0.2, -0.15) is 0 Å². The summed E-state index contributed by atoms with van der Waals surface area (Å²) in [5.41, 5.74) is 8.14. The lowest BCUT2D eigenvalue weighted by molar-refractivity contribution is 0.231. The fourth-order valence-corrected chi connectivity index (χ4v) is 1.97. The van der Waals surface area contributed by atoms with E-state index in [0.29, 0.717) is 12.6 Å². The number of nitrogens with zero attached hydrogens (tertiary/aromatic N) is 2. The van der Waals surface area contributed by atoms with Crippen LogP contribution in [0, 0.1) is 6.92 Å². The molecule has 2 rings (SSSR count). The molecule has 0 amide bonds. The van der Waals surface area contributed by atoms with Gasteiger partial charge in [0.25, 0.3) is 0 Å². The molecule has 0 saturated heterocycles. The molecule has 3 N–H and O–H groups in total. The highest BCUT2D eigenvalue weighted by Crippen LogP contribution is 2.25. The molecule has 0 bridgehead atoms. The number of nitrogens with one attached hydrogen (secondary N) is 1. The van der Waals surface area contributed by atoms with E-state index >= 15 is 0 Å². The van der Waals surface area contributed by atoms with Gasteiger partial charge in [0.1, 0.15) is 5.82 Å². The Morgan fingerprint density at radius 1 is 1.69 bits per heavy atom. The van der Waals surface area contributed by atoms with Crippen molar-refractivity contribution in [3.8, 4) is 0 Å². The minimum Gasteiger partial charge on any atom is -0.346 e. The minimum atomic E-state index is 0.300. The summed E-state index contributed by atoms with van der Waals surface area (Å²) in [6, 6.07) is 0.300. The lowest BCUT2D eigenvalue weighted by Crippen LogP contribution is -2.36. The monoisotopic (exact) mass is 180 g/mol. The Morgan fingerprint density at radius 2 is 2.46 bits per heavy atom. The van der Waals surface area contributed by atoms with Crippen molar-refractivity contribution in [2.75, 3.05) is 20.1 Å². The highest BCUT2D eigenvalue weighted by Gasteiger charge is 2.26. The average molecular weight is 180 g/mol. The maximum absolute atomic E-state index is 5.72. The number of nitrogens with two attached hydrogens (primary N) is 1. The zero-order valence-corrected chi connectivity index (χ0v) is 8.17. The lowest BCUT2D eigenvalue weighted by Gasteiger charge is -2.30. The molecule has 0 aromatic carbocycles. The molecular weight excluding hydrogens is 164 g/mol. The number of aromatic amines is 1. The van der Waals surface area contributed by atoms with Crippen molar-refractivity contribution in [1.82, 2.24) is 14.9 Å². The molecule has 13 heavy (non-hydrogen) atoms. The molecule has 2 heterocycles. The van der Waals surface area contributed by atoms with Crippen LogP contribution in [0.1, 0.15) is 23.3 Å². The van der Waals surface area contributed by atoms with Crippen LogP contribution in [0.25, 0.3) is 0 Å². The van der Waals surface area contributed by atoms with Gasteiger partial charge in [-0.25, -0.2) is 4.98 Å². The fraction of sp³-hybridized carbons (Fsp3) is 0.667. The minimum absolute atomic E-state index is 0.300. The molecular formula is C9H16N4. The smallest absolute Gasteiger partial charge is 0.103 e. The normalized spacial score (nSPS) is 23.2. The summed E-state index contributed by atoms with van der Waals surface area (Å²) in [6.07, 6.45) is 1.06. The van der Waals surface area contributed by atoms with Gasteiger partial charge in [-0.05, 0) is 14.0 Å². The van der Waals surface area contributed by atoms with Gasteiger partial charge in [-0.1, -0.05) is 0 Å². The first kappa shape index (κ1) is 8.72. The fourth-order valence-electron chi connectivity index (χ4n) is 1.97. The molecule has 0 aliphatic carbocycles. The number of hydrogen-bond donors (Lipinski definition) is 2. The van der Waals surface area contributed by atoms with Crippen LogP contribution in [0.3, 0.4) is 0 Å². The van der Waals surface area contributed by atoms with Crippen molar-refractivity contribution in [2.45, 2.75) is 19.4 Å². The van der Waals surface area contributed by atoms with E-state index < -0.39 is 0 Å². The topological polar surface area (TPSA) is 57.9 Å². The molecule has 4 nitrogen and oxygen atoms in total. The Hall–Kier alpha value is -0.870. The maximum atomic E-state index is 5.72. The van der Waals surface area contributed by atoms with Gasteiger partial charge < -0.3 is 10.7 Å². The lowest BCUT2D eigenvalue weighted by atomic mass is 10.0. The maximum Gasteiger partial charge on any atom is 0.103 e. The van der Waals surface area contributed by atoms with E-state index in [1.54, 1.807) is 0 Å². The first-order valence-corrected chi connectivity index (χ1v) is 4.68. The summed E-state index contributed by atoms with van der Waals surface area (Å²) in [5.74, 6) is 0.999. The molecule has 0 saturated carbocycles. The third-order valence-corrected chi connectivity index (χ3v) is 2.71. The third-order valence-electron chi connectivity index (χ3n) is 2.71. The SMILES string of the molecule is Cc1nc2c([nH]1)CCN(C)C2CN. The molecule has 1 atom stereocenters. The Labute approximate surface area is 78.1 Å². The summed E-state index contributed by atoms with van der Waals surface area (Å²) in [4.78, 5) is 10.0. The van der Waals surface area contributed by atoms with Crippen LogP contribution in [0.5, 0.6) is 0 Å². The van der Waals surface area contributed by atoms with E-state index in [1.807, 2.05) is 6.92 Å². The van der Waals surface area contributed by atoms with Crippen LogP contribution < -0.4 is 5.73 Å². The Kier molecular flexibility index (Phi) is 2.09. The molecule has 1 aliphatic heterocycles. The average Bonchev–Trinajstić information content (AvgIpc) is 2.45. The summed E-state index contributed by atoms with van der Waals surface area (Å²) < 4.78 is 0. The summed E-state index contributed by atoms with van der Waals surface area (Å²) in [6.45, 7) is 3.70. The molecule has 72 valence electrons. The molecule has 1 aromatic heterocycles. The van der Waals surface area contributed by atoms with Crippen molar-refractivity contribution in [3.63, 3.8) is 0 Å². The summed E-state index contributed by atoms with van der Waals surface area (Å²) >= 11 is 0. The number of imidazole rings is 1. The van der Waals surface area contributed by atoms with Crippen LogP contribution in [0.15, 0.2) is 0 Å². The Morgan fingerprint density at radius 3 is 3.15 bits per heavy atom. The molecule has 0 spiro atoms. The Bertz CT molecular complexity index is 305. The van der Waals surface area contributed by atoms with Crippen LogP contribution in [0.4, 0.5) is 0 Å². The quantitative estimate of drug-likeness (QED) is 0.649. The summed E-state index contributed by atoms with van der Waals surface area (Å²) in [7, 11) is 2.10. The Balaban J connectivity index is 2.38. The van der Waals surface area contributed by atoms with Crippen LogP contribution in [-0.4, -0.2) is 35.0 Å². The predicted octanol–water partition coefficient (Wildman–Crippen LogP) is 0.206. The van der Waals surface area contributed by atoms with Gasteiger partial charge >= 0.3 is 0 Å². The number of H-pyrrole nitrogens is 1. The van der Waals surface area contributed by atoms with E-state index in [0.717, 1.165) is 24.5 Å². The second kappa shape index (κ2) is 3.12. The van der Waals surface area contributed by atoms with Gasteiger partial charge in [0.2, 0.25) is 0 Å². The largest absolute Gasteiger partial charge is 0.346 e. The van der Waals surface area contributed by atoms with Crippen molar-refractivity contribution >= 4 is 0 Å². The van der Waals surface area contributed by atoms with Crippen LogP contribution >= 0.6 is 0 Å². The van der Waals surface area contributed by atoms with Gasteiger partial charge in [0.15, 0.2) is 0 Å². The highest BCUT2D eigenvalue weighted by atomic mass is 15.2. The van der Waals surface area contributed by atoms with Crippen molar-refractivity contribution < 1.29 is 0 Å². The number of rotatable bonds is 1. The van der Waals surface area contributed by atoms with Crippen molar-refractivity contribution in [2.24, 2.45) is 5.73 Å². The highest BCUT2D eigenvalue weighted by molar-refractivity contribution is 5.22. The molecule has 1 unspecified atom stereocenters. The van der Waals surface area contributed by atoms with E-state index in [-0.39, 0.29) is 0 Å². The zero-order chi connectivity index (χ0) is 9.42. The number of aryl methyl sites for hydroxylation is 1. The third kappa shape index (κ3) is 1.36. The number of hydrogen-bond acceptors (Lipinski definition) is 3. The zero-order valence-electron chi connectivity index (χ0n) is 8.17. The molecule has 0 fully saturated rings. The van der Waals surface area contributed by atoms with Crippen molar-refractivity contribution in [3.05, 3.63) is 17.2 Å². The van der Waals surface area contributed by atoms with Gasteiger partial charge in [-0.15, -0.1) is 0 Å². The number of aromatic nitrogens is 2. The van der Waals surface area contributed by atoms with Crippen LogP contribution in [0.2, 0.25) is 0 Å². The van der Waals surface area contributed by atoms with Crippen molar-refractivity contribution in [1.29, 1.82) is 0 Å². The predicted molar refractivity (Wildman–Crippen MR) is 51.5 cm³/mol. The number of fused-ring (bicyclic) bond motifs is 1. The molecule has 4 heteroatoms. The molecule has 1 aliphatic rings. The van der Waals surface area contributed by atoms with E-state index in [2.05, 4.69) is 21.9 Å². The van der Waals surface area contributed by atoms with Gasteiger partial charge in [0.05, 0.1) is 11.7 Å². The van der Waals surface area contributed by atoms with E-state index in [1.165, 1.54) is 5.69 Å². The summed E-state index contributed by atoms with van der Waals surface area (Å²) in [5, 5.41) is 0. The first-order valence-electron chi connectivity index (χ1n) is 4.68.